The molecule has 0 radical (unpaired) electrons. The van der Waals surface area contributed by atoms with E-state index in [1.54, 1.807) is 24.3 Å². The van der Waals surface area contributed by atoms with Gasteiger partial charge in [-0.25, -0.2) is 0 Å². The van der Waals surface area contributed by atoms with Gasteiger partial charge in [0.25, 0.3) is 0 Å². The Balaban J connectivity index is 2.11. The standard InChI is InChI=1S/C22H25N3O2/c1-4-18-9-7-10-19(5-2)22(18)24-21(27)12-13-25(16(3)26)20-11-6-8-17(14-20)15-23/h6-11,14H,4-5,12-13H2,1-3H3,(H,24,27). The maximum atomic E-state index is 12.5. The Labute approximate surface area is 160 Å². The summed E-state index contributed by atoms with van der Waals surface area (Å²) in [5.41, 5.74) is 4.19. The number of benzene rings is 2. The van der Waals surface area contributed by atoms with Crippen LogP contribution in [-0.2, 0) is 22.4 Å². The van der Waals surface area contributed by atoms with Crippen LogP contribution in [-0.4, -0.2) is 18.4 Å². The molecule has 0 unspecified atom stereocenters. The molecule has 0 fully saturated rings. The predicted octanol–water partition coefficient (Wildman–Crippen LogP) is 4.06. The number of hydrogen-bond acceptors (Lipinski definition) is 3. The van der Waals surface area contributed by atoms with Crippen molar-refractivity contribution >= 4 is 23.2 Å². The molecule has 2 aromatic rings. The van der Waals surface area contributed by atoms with Crippen LogP contribution < -0.4 is 10.2 Å². The summed E-state index contributed by atoms with van der Waals surface area (Å²) in [6, 6.07) is 14.9. The number of aryl methyl sites for hydroxylation is 2. The Bertz CT molecular complexity index is 846. The van der Waals surface area contributed by atoms with Crippen LogP contribution in [0.3, 0.4) is 0 Å². The third-order valence-corrected chi connectivity index (χ3v) is 4.49. The molecule has 2 amide bonds. The molecule has 5 nitrogen and oxygen atoms in total. The van der Waals surface area contributed by atoms with Gasteiger partial charge in [-0.05, 0) is 42.2 Å². The third kappa shape index (κ3) is 5.18. The van der Waals surface area contributed by atoms with Crippen LogP contribution in [0, 0.1) is 11.3 Å². The highest BCUT2D eigenvalue weighted by Gasteiger charge is 2.15. The molecule has 140 valence electrons. The van der Waals surface area contributed by atoms with Gasteiger partial charge in [-0.1, -0.05) is 38.1 Å². The lowest BCUT2D eigenvalue weighted by Crippen LogP contribution is -2.32. The number of para-hydroxylation sites is 1. The van der Waals surface area contributed by atoms with E-state index in [1.165, 1.54) is 11.8 Å². The van der Waals surface area contributed by atoms with Crippen molar-refractivity contribution in [1.29, 1.82) is 5.26 Å². The Morgan fingerprint density at radius 2 is 1.70 bits per heavy atom. The van der Waals surface area contributed by atoms with Crippen molar-refractivity contribution in [2.75, 3.05) is 16.8 Å². The van der Waals surface area contributed by atoms with Crippen LogP contribution in [0.5, 0.6) is 0 Å². The van der Waals surface area contributed by atoms with E-state index in [9.17, 15) is 9.59 Å². The summed E-state index contributed by atoms with van der Waals surface area (Å²) in [7, 11) is 0. The molecule has 0 aliphatic carbocycles. The Morgan fingerprint density at radius 3 is 2.26 bits per heavy atom. The molecule has 0 aromatic heterocycles. The molecule has 5 heteroatoms. The molecule has 2 rings (SSSR count). The highest BCUT2D eigenvalue weighted by Crippen LogP contribution is 2.23. The van der Waals surface area contributed by atoms with Gasteiger partial charge in [-0.15, -0.1) is 0 Å². The minimum Gasteiger partial charge on any atom is -0.326 e. The Hall–Kier alpha value is -3.13. The number of amides is 2. The first-order valence-corrected chi connectivity index (χ1v) is 9.19. The van der Waals surface area contributed by atoms with Gasteiger partial charge in [-0.2, -0.15) is 5.26 Å². The number of carbonyl (C=O) groups excluding carboxylic acids is 2. The second kappa shape index (κ2) is 9.54. The van der Waals surface area contributed by atoms with Crippen LogP contribution in [0.25, 0.3) is 0 Å². The molecule has 27 heavy (non-hydrogen) atoms. The molecule has 0 aliphatic rings. The first kappa shape index (κ1) is 20.2. The zero-order chi connectivity index (χ0) is 19.8. The van der Waals surface area contributed by atoms with Crippen molar-refractivity contribution in [2.24, 2.45) is 0 Å². The molecule has 0 saturated carbocycles. The molecule has 0 aliphatic heterocycles. The topological polar surface area (TPSA) is 73.2 Å². The minimum atomic E-state index is -0.166. The van der Waals surface area contributed by atoms with Crippen molar-refractivity contribution < 1.29 is 9.59 Å². The van der Waals surface area contributed by atoms with E-state index >= 15 is 0 Å². The van der Waals surface area contributed by atoms with Crippen LogP contribution >= 0.6 is 0 Å². The van der Waals surface area contributed by atoms with E-state index in [4.69, 9.17) is 5.26 Å². The molecule has 0 atom stereocenters. The van der Waals surface area contributed by atoms with Gasteiger partial charge in [0.05, 0.1) is 11.6 Å². The van der Waals surface area contributed by atoms with Crippen molar-refractivity contribution in [3.05, 3.63) is 59.2 Å². The fourth-order valence-corrected chi connectivity index (χ4v) is 3.03. The maximum absolute atomic E-state index is 12.5. The average molecular weight is 363 g/mol. The van der Waals surface area contributed by atoms with Crippen LogP contribution in [0.4, 0.5) is 11.4 Å². The number of hydrogen-bond donors (Lipinski definition) is 1. The summed E-state index contributed by atoms with van der Waals surface area (Å²) in [5.74, 6) is -0.297. The summed E-state index contributed by atoms with van der Waals surface area (Å²) in [6.07, 6.45) is 1.85. The molecule has 1 N–H and O–H groups in total. The molecule has 2 aromatic carbocycles. The number of carbonyl (C=O) groups is 2. The number of rotatable bonds is 7. The molecule has 0 saturated heterocycles. The number of nitrogens with zero attached hydrogens (tertiary/aromatic N) is 2. The minimum absolute atomic E-state index is 0.131. The number of nitriles is 1. The Morgan fingerprint density at radius 1 is 1.07 bits per heavy atom. The van der Waals surface area contributed by atoms with Crippen LogP contribution in [0.2, 0.25) is 0 Å². The van der Waals surface area contributed by atoms with E-state index < -0.39 is 0 Å². The van der Waals surface area contributed by atoms with E-state index in [0.29, 0.717) is 11.3 Å². The average Bonchev–Trinajstić information content (AvgIpc) is 2.68. The monoisotopic (exact) mass is 363 g/mol. The molecule has 0 heterocycles. The summed E-state index contributed by atoms with van der Waals surface area (Å²) in [6.45, 7) is 5.83. The lowest BCUT2D eigenvalue weighted by atomic mass is 10.0. The van der Waals surface area contributed by atoms with Crippen molar-refractivity contribution in [3.63, 3.8) is 0 Å². The fraction of sp³-hybridized carbons (Fsp3) is 0.318. The van der Waals surface area contributed by atoms with E-state index in [-0.39, 0.29) is 24.8 Å². The predicted molar refractivity (Wildman–Crippen MR) is 108 cm³/mol. The lowest BCUT2D eigenvalue weighted by Gasteiger charge is -2.21. The van der Waals surface area contributed by atoms with Crippen LogP contribution in [0.15, 0.2) is 42.5 Å². The van der Waals surface area contributed by atoms with Gasteiger partial charge >= 0.3 is 0 Å². The quantitative estimate of drug-likeness (QED) is 0.806. The second-order valence-corrected chi connectivity index (χ2v) is 6.29. The van der Waals surface area contributed by atoms with Gasteiger partial charge in [0.1, 0.15) is 0 Å². The largest absolute Gasteiger partial charge is 0.326 e. The van der Waals surface area contributed by atoms with Gasteiger partial charge in [0.2, 0.25) is 11.8 Å². The number of anilines is 2. The summed E-state index contributed by atoms with van der Waals surface area (Å²) < 4.78 is 0. The Kier molecular flexibility index (Phi) is 7.13. The first-order valence-electron chi connectivity index (χ1n) is 9.19. The first-order chi connectivity index (χ1) is 13.0. The normalized spacial score (nSPS) is 10.1. The van der Waals surface area contributed by atoms with E-state index in [0.717, 1.165) is 29.7 Å². The lowest BCUT2D eigenvalue weighted by molar-refractivity contribution is -0.117. The van der Waals surface area contributed by atoms with Crippen molar-refractivity contribution in [2.45, 2.75) is 40.0 Å². The molecule has 0 spiro atoms. The smallest absolute Gasteiger partial charge is 0.226 e. The zero-order valence-electron chi connectivity index (χ0n) is 16.1. The van der Waals surface area contributed by atoms with Gasteiger partial charge < -0.3 is 10.2 Å². The van der Waals surface area contributed by atoms with E-state index in [2.05, 4.69) is 25.2 Å². The molecule has 0 bridgehead atoms. The zero-order valence-corrected chi connectivity index (χ0v) is 16.1. The molecular weight excluding hydrogens is 338 g/mol. The highest BCUT2D eigenvalue weighted by atomic mass is 16.2. The van der Waals surface area contributed by atoms with Gasteiger partial charge in [0, 0.05) is 31.3 Å². The maximum Gasteiger partial charge on any atom is 0.226 e. The summed E-state index contributed by atoms with van der Waals surface area (Å²) >= 11 is 0. The number of nitrogens with one attached hydrogen (secondary N) is 1. The summed E-state index contributed by atoms with van der Waals surface area (Å²) in [4.78, 5) is 26.1. The fourth-order valence-electron chi connectivity index (χ4n) is 3.03. The van der Waals surface area contributed by atoms with Gasteiger partial charge in [0.15, 0.2) is 0 Å². The van der Waals surface area contributed by atoms with Crippen molar-refractivity contribution in [3.8, 4) is 6.07 Å². The van der Waals surface area contributed by atoms with Crippen LogP contribution in [0.1, 0.15) is 43.9 Å². The molecular formula is C22H25N3O2. The SMILES string of the molecule is CCc1cccc(CC)c1NC(=O)CCN(C(C)=O)c1cccc(C#N)c1. The van der Waals surface area contributed by atoms with Crippen molar-refractivity contribution in [1.82, 2.24) is 0 Å². The summed E-state index contributed by atoms with van der Waals surface area (Å²) in [5, 5.41) is 12.1. The van der Waals surface area contributed by atoms with E-state index in [1.807, 2.05) is 18.2 Å². The highest BCUT2D eigenvalue weighted by molar-refractivity contribution is 5.95. The third-order valence-electron chi connectivity index (χ3n) is 4.49. The second-order valence-electron chi connectivity index (χ2n) is 6.29. The van der Waals surface area contributed by atoms with Gasteiger partial charge in [-0.3, -0.25) is 9.59 Å².